The van der Waals surface area contributed by atoms with E-state index in [1.165, 1.54) is 0 Å². The molecule has 0 unspecified atom stereocenters. The Morgan fingerprint density at radius 1 is 0.574 bits per heavy atom. The average molecular weight is 1060 g/mol. The fourth-order valence-corrected chi connectivity index (χ4v) is 10.0. The van der Waals surface area contributed by atoms with Crippen molar-refractivity contribution in [3.05, 3.63) is 223 Å². The standard InChI is InChI=1S/C60H46BN5O.Pt/c1-40-19-16-20-41(2)58(40)61-64-39-63(53-31-14-15-32-54(53)64)45-25-17-26-46(37-45)67-47-33-34-51-50-27-12-13-30-52(50)65(55(51)38-47)56-35-44(60(3,4)5)36-57(62-56)66(61)59-48(42-21-8-6-9-22-42)28-18-29-49(59)43-23-10-7-11-24-43;/h6-36H,1-5H3;/q-2;. The third kappa shape index (κ3) is 7.24. The number of rotatable bonds is 4. The number of nitrogens with zero attached hydrogens (tertiary/aromatic N) is 5. The molecule has 1 aliphatic rings. The van der Waals surface area contributed by atoms with Crippen molar-refractivity contribution >= 4 is 56.8 Å². The van der Waals surface area contributed by atoms with Crippen LogP contribution in [0.15, 0.2) is 188 Å². The summed E-state index contributed by atoms with van der Waals surface area (Å²) in [6.07, 6.45) is 3.96. The van der Waals surface area contributed by atoms with E-state index in [2.05, 4.69) is 241 Å². The molecule has 68 heavy (non-hydrogen) atoms. The third-order valence-corrected chi connectivity index (χ3v) is 13.2. The fraction of sp³-hybridized carbons (Fsp3) is 0.100. The summed E-state index contributed by atoms with van der Waals surface area (Å²) in [6, 6.07) is 74.1. The Kier molecular flexibility index (Phi) is 10.8. The molecule has 0 amide bonds. The molecule has 0 fully saturated rings. The van der Waals surface area contributed by atoms with Crippen molar-refractivity contribution in [2.24, 2.45) is 0 Å². The van der Waals surface area contributed by atoms with Crippen LogP contribution in [0.25, 0.3) is 66.6 Å². The topological polar surface area (TPSA) is 39.1 Å². The number of pyridine rings is 1. The van der Waals surface area contributed by atoms with Crippen molar-refractivity contribution in [3.8, 4) is 45.3 Å². The molecule has 1 aliphatic heterocycles. The van der Waals surface area contributed by atoms with Crippen molar-refractivity contribution in [1.82, 2.24) is 14.1 Å². The number of hydrogen-bond acceptors (Lipinski definition) is 3. The number of aryl methyl sites for hydroxylation is 2. The molecule has 0 saturated carbocycles. The predicted octanol–water partition coefficient (Wildman–Crippen LogP) is 13.2. The Morgan fingerprint density at radius 3 is 1.88 bits per heavy atom. The summed E-state index contributed by atoms with van der Waals surface area (Å²) in [5, 5.41) is 2.17. The number of para-hydroxylation sites is 4. The summed E-state index contributed by atoms with van der Waals surface area (Å²) >= 11 is 0. The van der Waals surface area contributed by atoms with Crippen LogP contribution in [0.2, 0.25) is 0 Å². The van der Waals surface area contributed by atoms with E-state index in [0.29, 0.717) is 11.5 Å². The molecule has 0 saturated heterocycles. The molecule has 12 rings (SSSR count). The van der Waals surface area contributed by atoms with E-state index in [-0.39, 0.29) is 26.5 Å². The van der Waals surface area contributed by atoms with Gasteiger partial charge in [-0.25, -0.2) is 4.98 Å². The van der Waals surface area contributed by atoms with E-state index in [1.54, 1.807) is 0 Å². The van der Waals surface area contributed by atoms with E-state index >= 15 is 0 Å². The zero-order valence-electron chi connectivity index (χ0n) is 38.4. The van der Waals surface area contributed by atoms with Crippen molar-refractivity contribution < 1.29 is 30.3 Å². The SMILES string of the molecule is Cc1cccc(C)c1B1N(c2c(-c3ccccc3)cccc2-c2ccccc2)c2cc(C(C)(C)C)cc(n2)-n2c3[c-]c(ccc3c3ccccc32)Oc2[c-]c(ccc2)-n2[c-][n+]1c1ccccc12.[Pt]. The molecule has 0 radical (unpaired) electrons. The van der Waals surface area contributed by atoms with Gasteiger partial charge >= 0.3 is 6.98 Å². The minimum Gasteiger partial charge on any atom is -0.510 e. The van der Waals surface area contributed by atoms with Gasteiger partial charge in [0.25, 0.3) is 0 Å². The monoisotopic (exact) mass is 1060 g/mol. The molecule has 8 aromatic carbocycles. The third-order valence-electron chi connectivity index (χ3n) is 13.2. The van der Waals surface area contributed by atoms with Gasteiger partial charge in [-0.05, 0) is 70.7 Å². The molecule has 8 heteroatoms. The largest absolute Gasteiger partial charge is 0.525 e. The van der Waals surface area contributed by atoms with Crippen LogP contribution in [-0.4, -0.2) is 21.1 Å². The summed E-state index contributed by atoms with van der Waals surface area (Å²) in [6.45, 7) is 10.8. The molecule has 11 aromatic rings. The normalized spacial score (nSPS) is 12.4. The summed E-state index contributed by atoms with van der Waals surface area (Å²) < 4.78 is 13.4. The second kappa shape index (κ2) is 17.0. The van der Waals surface area contributed by atoms with E-state index in [1.807, 2.05) is 18.2 Å². The Morgan fingerprint density at radius 2 is 1.18 bits per heavy atom. The van der Waals surface area contributed by atoms with Crippen LogP contribution in [0.4, 0.5) is 11.5 Å². The number of anilines is 2. The van der Waals surface area contributed by atoms with Crippen LogP contribution < -0.4 is 19.5 Å². The maximum atomic E-state index is 6.69. The number of fused-ring (bicyclic) bond motifs is 15. The second-order valence-electron chi connectivity index (χ2n) is 18.5. The molecule has 332 valence electrons. The first-order valence-electron chi connectivity index (χ1n) is 22.9. The predicted molar refractivity (Wildman–Crippen MR) is 273 cm³/mol. The number of ether oxygens (including phenoxy) is 1. The van der Waals surface area contributed by atoms with Gasteiger partial charge < -0.3 is 23.2 Å². The molecule has 6 nitrogen and oxygen atoms in total. The minimum absolute atomic E-state index is 0. The van der Waals surface area contributed by atoms with Gasteiger partial charge in [0.15, 0.2) is 0 Å². The zero-order valence-corrected chi connectivity index (χ0v) is 40.7. The van der Waals surface area contributed by atoms with Crippen molar-refractivity contribution in [2.45, 2.75) is 40.0 Å². The average Bonchev–Trinajstić information content (AvgIpc) is 3.89. The summed E-state index contributed by atoms with van der Waals surface area (Å²) in [4.78, 5) is 8.46. The fourth-order valence-electron chi connectivity index (χ4n) is 10.0. The summed E-state index contributed by atoms with van der Waals surface area (Å²) in [5.74, 6) is 2.73. The van der Waals surface area contributed by atoms with Crippen molar-refractivity contribution in [2.75, 3.05) is 4.81 Å². The van der Waals surface area contributed by atoms with Crippen LogP contribution >= 0.6 is 0 Å². The number of benzene rings is 8. The first kappa shape index (κ1) is 43.1. The maximum Gasteiger partial charge on any atom is 0.525 e. The number of imidazole rings is 1. The Labute approximate surface area is 412 Å². The van der Waals surface area contributed by atoms with Gasteiger partial charge in [0.2, 0.25) is 6.33 Å². The van der Waals surface area contributed by atoms with Crippen LogP contribution in [0.1, 0.15) is 37.5 Å². The van der Waals surface area contributed by atoms with E-state index in [4.69, 9.17) is 9.72 Å². The Balaban J connectivity index is 0.00000507. The zero-order chi connectivity index (χ0) is 45.4. The van der Waals surface area contributed by atoms with Crippen LogP contribution in [0.3, 0.4) is 0 Å². The molecular weight excluding hydrogens is 1010 g/mol. The Hall–Kier alpha value is -7.47. The van der Waals surface area contributed by atoms with Crippen LogP contribution in [0.5, 0.6) is 11.5 Å². The van der Waals surface area contributed by atoms with E-state index in [0.717, 1.165) is 100 Å². The summed E-state index contributed by atoms with van der Waals surface area (Å²) in [5.41, 5.74) is 14.4. The van der Waals surface area contributed by atoms with Gasteiger partial charge in [-0.2, -0.15) is 18.2 Å². The minimum atomic E-state index is -0.529. The molecule has 0 spiro atoms. The molecule has 0 N–H and O–H groups in total. The van der Waals surface area contributed by atoms with Gasteiger partial charge in [-0.15, -0.1) is 29.7 Å². The van der Waals surface area contributed by atoms with E-state index < -0.39 is 6.98 Å². The molecule has 8 bridgehead atoms. The van der Waals surface area contributed by atoms with Gasteiger partial charge in [0, 0.05) is 65.9 Å². The molecule has 0 atom stereocenters. The molecule has 0 aliphatic carbocycles. The Bertz CT molecular complexity index is 3630. The van der Waals surface area contributed by atoms with Gasteiger partial charge in [0.05, 0.1) is 5.52 Å². The molecule has 4 heterocycles. The molecular formula is C60H46BN5OPt-2. The van der Waals surface area contributed by atoms with Gasteiger partial charge in [-0.1, -0.05) is 172 Å². The summed E-state index contributed by atoms with van der Waals surface area (Å²) in [7, 11) is 0. The van der Waals surface area contributed by atoms with E-state index in [9.17, 15) is 0 Å². The molecule has 3 aromatic heterocycles. The van der Waals surface area contributed by atoms with Crippen LogP contribution in [-0.2, 0) is 26.5 Å². The smallest absolute Gasteiger partial charge is 0.510 e. The maximum absolute atomic E-state index is 6.69. The van der Waals surface area contributed by atoms with Crippen molar-refractivity contribution in [3.63, 3.8) is 0 Å². The van der Waals surface area contributed by atoms with Crippen LogP contribution in [0, 0.1) is 32.3 Å². The van der Waals surface area contributed by atoms with Gasteiger partial charge in [-0.3, -0.25) is 0 Å². The quantitative estimate of drug-likeness (QED) is 0.130. The number of hydrogen-bond donors (Lipinski definition) is 0. The van der Waals surface area contributed by atoms with Crippen molar-refractivity contribution in [1.29, 1.82) is 0 Å². The van der Waals surface area contributed by atoms with Gasteiger partial charge in [0.1, 0.15) is 11.6 Å². The number of aromatic nitrogens is 4. The first-order valence-corrected chi connectivity index (χ1v) is 22.9. The second-order valence-corrected chi connectivity index (χ2v) is 18.5. The first-order chi connectivity index (χ1) is 32.7.